The number of carboxylic acids is 1. The first-order chi connectivity index (χ1) is 8.93. The van der Waals surface area contributed by atoms with E-state index in [-0.39, 0.29) is 30.6 Å². The lowest BCUT2D eigenvalue weighted by Gasteiger charge is -2.22. The van der Waals surface area contributed by atoms with Gasteiger partial charge in [-0.05, 0) is 24.7 Å². The van der Waals surface area contributed by atoms with Gasteiger partial charge >= 0.3 is 5.97 Å². The van der Waals surface area contributed by atoms with E-state index in [1.54, 1.807) is 0 Å². The standard InChI is InChI=1S/C13H25NO4S/c1-2-11(8-13(15)16)9-14-19(17,18)10-12-6-4-3-5-7-12/h11-12,14H,2-10H2,1H3,(H,15,16). The summed E-state index contributed by atoms with van der Waals surface area (Å²) in [5, 5.41) is 8.73. The quantitative estimate of drug-likeness (QED) is 0.716. The van der Waals surface area contributed by atoms with Gasteiger partial charge in [0.25, 0.3) is 0 Å². The monoisotopic (exact) mass is 291 g/mol. The SMILES string of the molecule is CCC(CNS(=O)(=O)CC1CCCCC1)CC(=O)O. The molecule has 0 aliphatic heterocycles. The second kappa shape index (κ2) is 7.85. The predicted octanol–water partition coefficient (Wildman–Crippen LogP) is 1.99. The molecule has 2 N–H and O–H groups in total. The number of carboxylic acid groups (broad SMARTS) is 1. The lowest BCUT2D eigenvalue weighted by atomic mass is 9.91. The van der Waals surface area contributed by atoms with E-state index in [0.29, 0.717) is 6.42 Å². The highest BCUT2D eigenvalue weighted by Gasteiger charge is 2.22. The van der Waals surface area contributed by atoms with Crippen molar-refractivity contribution in [2.75, 3.05) is 12.3 Å². The fourth-order valence-electron chi connectivity index (χ4n) is 2.58. The summed E-state index contributed by atoms with van der Waals surface area (Å²) in [4.78, 5) is 10.6. The summed E-state index contributed by atoms with van der Waals surface area (Å²) in [7, 11) is -3.27. The van der Waals surface area contributed by atoms with Gasteiger partial charge in [0, 0.05) is 13.0 Å². The van der Waals surface area contributed by atoms with Gasteiger partial charge in [0.05, 0.1) is 5.75 Å². The van der Waals surface area contributed by atoms with Crippen LogP contribution in [-0.4, -0.2) is 31.8 Å². The van der Waals surface area contributed by atoms with Crippen molar-refractivity contribution in [1.82, 2.24) is 4.72 Å². The van der Waals surface area contributed by atoms with E-state index in [2.05, 4.69) is 4.72 Å². The maximum Gasteiger partial charge on any atom is 0.303 e. The predicted molar refractivity (Wildman–Crippen MR) is 74.4 cm³/mol. The number of hydrogen-bond donors (Lipinski definition) is 2. The third kappa shape index (κ3) is 6.92. The van der Waals surface area contributed by atoms with Crippen LogP contribution in [0.25, 0.3) is 0 Å². The lowest BCUT2D eigenvalue weighted by Crippen LogP contribution is -2.34. The maximum absolute atomic E-state index is 11.9. The molecule has 0 radical (unpaired) electrons. The Balaban J connectivity index is 2.38. The largest absolute Gasteiger partial charge is 0.481 e. The van der Waals surface area contributed by atoms with Crippen LogP contribution in [0.4, 0.5) is 0 Å². The zero-order valence-electron chi connectivity index (χ0n) is 11.6. The normalized spacial score (nSPS) is 19.2. The molecule has 19 heavy (non-hydrogen) atoms. The molecule has 0 aromatic carbocycles. The molecular formula is C13H25NO4S. The molecule has 0 aromatic rings. The first kappa shape index (κ1) is 16.4. The van der Waals surface area contributed by atoms with E-state index in [4.69, 9.17) is 5.11 Å². The Morgan fingerprint density at radius 3 is 2.47 bits per heavy atom. The lowest BCUT2D eigenvalue weighted by molar-refractivity contribution is -0.138. The molecule has 0 bridgehead atoms. The molecule has 1 saturated carbocycles. The molecule has 1 unspecified atom stereocenters. The fraction of sp³-hybridized carbons (Fsp3) is 0.923. The number of sulfonamides is 1. The summed E-state index contributed by atoms with van der Waals surface area (Å²) in [6.07, 6.45) is 6.12. The number of rotatable bonds is 8. The molecule has 0 spiro atoms. The molecule has 6 heteroatoms. The van der Waals surface area contributed by atoms with Crippen molar-refractivity contribution in [3.63, 3.8) is 0 Å². The molecular weight excluding hydrogens is 266 g/mol. The second-order valence-corrected chi connectivity index (χ2v) is 7.36. The summed E-state index contributed by atoms with van der Waals surface area (Å²) in [6, 6.07) is 0. The summed E-state index contributed by atoms with van der Waals surface area (Å²) < 4.78 is 26.5. The molecule has 0 aromatic heterocycles. The summed E-state index contributed by atoms with van der Waals surface area (Å²) in [5.74, 6) is -0.543. The Kier molecular flexibility index (Phi) is 6.79. The van der Waals surface area contributed by atoms with Crippen LogP contribution >= 0.6 is 0 Å². The van der Waals surface area contributed by atoms with Gasteiger partial charge in [-0.15, -0.1) is 0 Å². The van der Waals surface area contributed by atoms with E-state index in [9.17, 15) is 13.2 Å². The zero-order valence-corrected chi connectivity index (χ0v) is 12.4. The Hall–Kier alpha value is -0.620. The number of carbonyl (C=O) groups is 1. The van der Waals surface area contributed by atoms with Crippen LogP contribution in [0, 0.1) is 11.8 Å². The fourth-order valence-corrected chi connectivity index (χ4v) is 4.14. The Bertz CT molecular complexity index is 374. The van der Waals surface area contributed by atoms with E-state index in [1.807, 2.05) is 6.92 Å². The summed E-state index contributed by atoms with van der Waals surface area (Å²) in [6.45, 7) is 2.11. The van der Waals surface area contributed by atoms with Crippen molar-refractivity contribution in [3.8, 4) is 0 Å². The molecule has 1 rings (SSSR count). The highest BCUT2D eigenvalue weighted by molar-refractivity contribution is 7.89. The third-order valence-corrected chi connectivity index (χ3v) is 5.33. The Morgan fingerprint density at radius 2 is 1.95 bits per heavy atom. The van der Waals surface area contributed by atoms with Crippen LogP contribution < -0.4 is 4.72 Å². The molecule has 0 heterocycles. The Labute approximate surface area is 115 Å². The van der Waals surface area contributed by atoms with Crippen LogP contribution in [0.3, 0.4) is 0 Å². The third-order valence-electron chi connectivity index (χ3n) is 3.81. The smallest absolute Gasteiger partial charge is 0.303 e. The van der Waals surface area contributed by atoms with Gasteiger partial charge in [0.1, 0.15) is 0 Å². The Morgan fingerprint density at radius 1 is 1.32 bits per heavy atom. The first-order valence-electron chi connectivity index (χ1n) is 7.12. The van der Waals surface area contributed by atoms with Crippen LogP contribution in [0.5, 0.6) is 0 Å². The van der Waals surface area contributed by atoms with Crippen molar-refractivity contribution < 1.29 is 18.3 Å². The van der Waals surface area contributed by atoms with Crippen molar-refractivity contribution in [2.45, 2.75) is 51.9 Å². The van der Waals surface area contributed by atoms with Gasteiger partial charge in [-0.1, -0.05) is 32.6 Å². The molecule has 112 valence electrons. The van der Waals surface area contributed by atoms with Crippen molar-refractivity contribution in [2.24, 2.45) is 11.8 Å². The first-order valence-corrected chi connectivity index (χ1v) is 8.77. The van der Waals surface area contributed by atoms with Gasteiger partial charge < -0.3 is 5.11 Å². The van der Waals surface area contributed by atoms with Crippen molar-refractivity contribution in [3.05, 3.63) is 0 Å². The topological polar surface area (TPSA) is 83.5 Å². The molecule has 1 aliphatic rings. The number of aliphatic carboxylic acids is 1. The van der Waals surface area contributed by atoms with Crippen LogP contribution in [0.1, 0.15) is 51.9 Å². The summed E-state index contributed by atoms with van der Waals surface area (Å²) in [5.41, 5.74) is 0. The van der Waals surface area contributed by atoms with Gasteiger partial charge in [0.15, 0.2) is 0 Å². The average Bonchev–Trinajstić information content (AvgIpc) is 2.34. The highest BCUT2D eigenvalue weighted by atomic mass is 32.2. The summed E-state index contributed by atoms with van der Waals surface area (Å²) >= 11 is 0. The molecule has 0 amide bonds. The molecule has 1 aliphatic carbocycles. The molecule has 1 fully saturated rings. The zero-order chi connectivity index (χ0) is 14.3. The van der Waals surface area contributed by atoms with Crippen LogP contribution in [-0.2, 0) is 14.8 Å². The molecule has 0 saturated heterocycles. The van der Waals surface area contributed by atoms with E-state index in [0.717, 1.165) is 25.7 Å². The second-order valence-electron chi connectivity index (χ2n) is 5.51. The van der Waals surface area contributed by atoms with E-state index >= 15 is 0 Å². The minimum atomic E-state index is -3.27. The van der Waals surface area contributed by atoms with Gasteiger partial charge in [-0.25, -0.2) is 13.1 Å². The van der Waals surface area contributed by atoms with Crippen molar-refractivity contribution in [1.29, 1.82) is 0 Å². The van der Waals surface area contributed by atoms with E-state index < -0.39 is 16.0 Å². The van der Waals surface area contributed by atoms with Crippen LogP contribution in [0.15, 0.2) is 0 Å². The average molecular weight is 291 g/mol. The number of hydrogen-bond acceptors (Lipinski definition) is 3. The van der Waals surface area contributed by atoms with Gasteiger partial charge in [-0.2, -0.15) is 0 Å². The highest BCUT2D eigenvalue weighted by Crippen LogP contribution is 2.24. The molecule has 5 nitrogen and oxygen atoms in total. The van der Waals surface area contributed by atoms with Gasteiger partial charge in [0.2, 0.25) is 10.0 Å². The molecule has 1 atom stereocenters. The minimum absolute atomic E-state index is 0.0163. The number of nitrogens with one attached hydrogen (secondary N) is 1. The van der Waals surface area contributed by atoms with E-state index in [1.165, 1.54) is 6.42 Å². The minimum Gasteiger partial charge on any atom is -0.481 e. The van der Waals surface area contributed by atoms with Gasteiger partial charge in [-0.3, -0.25) is 4.79 Å². The van der Waals surface area contributed by atoms with Crippen LogP contribution in [0.2, 0.25) is 0 Å². The van der Waals surface area contributed by atoms with Crippen molar-refractivity contribution >= 4 is 16.0 Å². The maximum atomic E-state index is 11.9.